The van der Waals surface area contributed by atoms with Crippen LogP contribution < -0.4 is 5.73 Å². The van der Waals surface area contributed by atoms with Crippen LogP contribution in [0.5, 0.6) is 0 Å². The van der Waals surface area contributed by atoms with E-state index in [9.17, 15) is 0 Å². The summed E-state index contributed by atoms with van der Waals surface area (Å²) in [6.45, 7) is 8.56. The predicted molar refractivity (Wildman–Crippen MR) is 56.5 cm³/mol. The van der Waals surface area contributed by atoms with Gasteiger partial charge >= 0.3 is 0 Å². The molecule has 78 valence electrons. The molecule has 0 radical (unpaired) electrons. The standard InChI is InChI=1S/C11H17NO2/c1-3-10(12)11(4-2)14-8-9-6-5-7-13-9/h3-4,9H,1-2,5-8,12H2/b11-10-. The van der Waals surface area contributed by atoms with Gasteiger partial charge in [0, 0.05) is 6.61 Å². The molecule has 1 aliphatic rings. The summed E-state index contributed by atoms with van der Waals surface area (Å²) in [5.74, 6) is 0.579. The van der Waals surface area contributed by atoms with E-state index in [0.29, 0.717) is 18.1 Å². The summed E-state index contributed by atoms with van der Waals surface area (Å²) in [6, 6.07) is 0. The van der Waals surface area contributed by atoms with Crippen molar-refractivity contribution >= 4 is 0 Å². The Labute approximate surface area is 84.9 Å². The molecule has 0 aliphatic carbocycles. The molecule has 3 nitrogen and oxygen atoms in total. The van der Waals surface area contributed by atoms with Crippen LogP contribution in [0.4, 0.5) is 0 Å². The Morgan fingerprint density at radius 3 is 2.79 bits per heavy atom. The van der Waals surface area contributed by atoms with E-state index in [2.05, 4.69) is 13.2 Å². The molecule has 0 aromatic heterocycles. The second-order valence-corrected chi connectivity index (χ2v) is 3.17. The van der Waals surface area contributed by atoms with Crippen molar-refractivity contribution in [2.24, 2.45) is 5.73 Å². The summed E-state index contributed by atoms with van der Waals surface area (Å²) in [4.78, 5) is 0. The van der Waals surface area contributed by atoms with Gasteiger partial charge in [-0.05, 0) is 25.0 Å². The van der Waals surface area contributed by atoms with Gasteiger partial charge in [0.1, 0.15) is 12.4 Å². The fourth-order valence-electron chi connectivity index (χ4n) is 1.32. The third-order valence-corrected chi connectivity index (χ3v) is 2.14. The second-order valence-electron chi connectivity index (χ2n) is 3.17. The molecule has 0 saturated carbocycles. The van der Waals surface area contributed by atoms with Gasteiger partial charge in [0.15, 0.2) is 0 Å². The van der Waals surface area contributed by atoms with Crippen molar-refractivity contribution in [1.29, 1.82) is 0 Å². The maximum atomic E-state index is 5.64. The highest BCUT2D eigenvalue weighted by molar-refractivity contribution is 5.23. The minimum absolute atomic E-state index is 0.197. The largest absolute Gasteiger partial charge is 0.489 e. The molecule has 0 bridgehead atoms. The summed E-state index contributed by atoms with van der Waals surface area (Å²) < 4.78 is 10.9. The van der Waals surface area contributed by atoms with Crippen LogP contribution in [-0.2, 0) is 9.47 Å². The molecular weight excluding hydrogens is 178 g/mol. The first-order valence-corrected chi connectivity index (χ1v) is 4.77. The van der Waals surface area contributed by atoms with Crippen LogP contribution in [0.2, 0.25) is 0 Å². The van der Waals surface area contributed by atoms with Crippen LogP contribution in [-0.4, -0.2) is 19.3 Å². The van der Waals surface area contributed by atoms with E-state index in [1.807, 2.05) is 0 Å². The van der Waals surface area contributed by atoms with Gasteiger partial charge < -0.3 is 15.2 Å². The quantitative estimate of drug-likeness (QED) is 0.536. The zero-order valence-electron chi connectivity index (χ0n) is 8.37. The first kappa shape index (κ1) is 10.9. The molecule has 2 N–H and O–H groups in total. The van der Waals surface area contributed by atoms with E-state index < -0.39 is 0 Å². The highest BCUT2D eigenvalue weighted by Crippen LogP contribution is 2.14. The van der Waals surface area contributed by atoms with Gasteiger partial charge in [-0.15, -0.1) is 0 Å². The minimum atomic E-state index is 0.197. The first-order valence-electron chi connectivity index (χ1n) is 4.77. The van der Waals surface area contributed by atoms with Crippen molar-refractivity contribution in [1.82, 2.24) is 0 Å². The second kappa shape index (κ2) is 5.50. The van der Waals surface area contributed by atoms with Gasteiger partial charge in [0.2, 0.25) is 0 Å². The number of allylic oxidation sites excluding steroid dienone is 2. The van der Waals surface area contributed by atoms with Crippen molar-refractivity contribution in [2.75, 3.05) is 13.2 Å². The zero-order valence-corrected chi connectivity index (χ0v) is 8.37. The van der Waals surface area contributed by atoms with Gasteiger partial charge in [0.25, 0.3) is 0 Å². The Bertz CT molecular complexity index is 240. The van der Waals surface area contributed by atoms with Crippen LogP contribution in [0.1, 0.15) is 12.8 Å². The number of nitrogens with two attached hydrogens (primary N) is 1. The summed E-state index contributed by atoms with van der Waals surface area (Å²) >= 11 is 0. The Morgan fingerprint density at radius 1 is 1.50 bits per heavy atom. The van der Waals surface area contributed by atoms with Crippen molar-refractivity contribution in [3.05, 3.63) is 36.8 Å². The van der Waals surface area contributed by atoms with E-state index in [1.165, 1.54) is 0 Å². The molecule has 3 heteroatoms. The van der Waals surface area contributed by atoms with Gasteiger partial charge in [-0.3, -0.25) is 0 Å². The van der Waals surface area contributed by atoms with Gasteiger partial charge in [-0.1, -0.05) is 13.2 Å². The van der Waals surface area contributed by atoms with Gasteiger partial charge in [-0.2, -0.15) is 0 Å². The SMILES string of the molecule is C=C/C(N)=C(\C=C)OCC1CCCO1. The van der Waals surface area contributed by atoms with Crippen LogP contribution >= 0.6 is 0 Å². The lowest BCUT2D eigenvalue weighted by Gasteiger charge is -2.12. The molecule has 0 aromatic carbocycles. The minimum Gasteiger partial charge on any atom is -0.489 e. The van der Waals surface area contributed by atoms with Crippen LogP contribution in [0.25, 0.3) is 0 Å². The van der Waals surface area contributed by atoms with Crippen molar-refractivity contribution in [3.63, 3.8) is 0 Å². The third kappa shape index (κ3) is 2.92. The van der Waals surface area contributed by atoms with Crippen molar-refractivity contribution < 1.29 is 9.47 Å². The van der Waals surface area contributed by atoms with E-state index in [-0.39, 0.29) is 6.10 Å². The molecule has 1 fully saturated rings. The monoisotopic (exact) mass is 195 g/mol. The zero-order chi connectivity index (χ0) is 10.4. The van der Waals surface area contributed by atoms with Crippen molar-refractivity contribution in [3.8, 4) is 0 Å². The number of hydrogen-bond donors (Lipinski definition) is 1. The normalized spacial score (nSPS) is 22.7. The number of rotatable bonds is 5. The fourth-order valence-corrected chi connectivity index (χ4v) is 1.32. The summed E-state index contributed by atoms with van der Waals surface area (Å²) in [6.07, 6.45) is 5.50. The van der Waals surface area contributed by atoms with E-state index in [4.69, 9.17) is 15.2 Å². The van der Waals surface area contributed by atoms with Gasteiger partial charge in [-0.25, -0.2) is 0 Å². The maximum Gasteiger partial charge on any atom is 0.141 e. The molecule has 14 heavy (non-hydrogen) atoms. The Balaban J connectivity index is 2.41. The number of hydrogen-bond acceptors (Lipinski definition) is 3. The van der Waals surface area contributed by atoms with Crippen LogP contribution in [0.15, 0.2) is 36.8 Å². The Morgan fingerprint density at radius 2 is 2.29 bits per heavy atom. The molecule has 1 aliphatic heterocycles. The highest BCUT2D eigenvalue weighted by Gasteiger charge is 2.16. The molecule has 1 heterocycles. The maximum absolute atomic E-state index is 5.64. The molecule has 0 amide bonds. The molecule has 0 aromatic rings. The van der Waals surface area contributed by atoms with E-state index >= 15 is 0 Å². The summed E-state index contributed by atoms with van der Waals surface area (Å²) in [5.41, 5.74) is 6.15. The summed E-state index contributed by atoms with van der Waals surface area (Å²) in [7, 11) is 0. The molecule has 0 spiro atoms. The van der Waals surface area contributed by atoms with Crippen molar-refractivity contribution in [2.45, 2.75) is 18.9 Å². The topological polar surface area (TPSA) is 44.5 Å². The highest BCUT2D eigenvalue weighted by atomic mass is 16.5. The third-order valence-electron chi connectivity index (χ3n) is 2.14. The van der Waals surface area contributed by atoms with Crippen LogP contribution in [0, 0.1) is 0 Å². The predicted octanol–water partition coefficient (Wildman–Crippen LogP) is 1.72. The summed E-state index contributed by atoms with van der Waals surface area (Å²) in [5, 5.41) is 0. The lowest BCUT2D eigenvalue weighted by atomic mass is 10.2. The van der Waals surface area contributed by atoms with E-state index in [1.54, 1.807) is 12.2 Å². The Hall–Kier alpha value is -1.22. The first-order chi connectivity index (χ1) is 6.77. The lowest BCUT2D eigenvalue weighted by molar-refractivity contribution is 0.0455. The molecular formula is C11H17NO2. The Kier molecular flexibility index (Phi) is 4.26. The average molecular weight is 195 g/mol. The van der Waals surface area contributed by atoms with Crippen LogP contribution in [0.3, 0.4) is 0 Å². The van der Waals surface area contributed by atoms with Gasteiger partial charge in [0.05, 0.1) is 11.8 Å². The average Bonchev–Trinajstić information content (AvgIpc) is 2.71. The lowest BCUT2D eigenvalue weighted by Crippen LogP contribution is -2.14. The molecule has 1 saturated heterocycles. The fraction of sp³-hybridized carbons (Fsp3) is 0.455. The smallest absolute Gasteiger partial charge is 0.141 e. The number of ether oxygens (including phenoxy) is 2. The molecule has 1 atom stereocenters. The molecule has 1 rings (SSSR count). The molecule has 1 unspecified atom stereocenters. The van der Waals surface area contributed by atoms with E-state index in [0.717, 1.165) is 19.4 Å².